The van der Waals surface area contributed by atoms with Gasteiger partial charge in [-0.25, -0.2) is 4.98 Å². The normalized spacial score (nSPS) is 15.0. The Kier molecular flexibility index (Phi) is 3.70. The summed E-state index contributed by atoms with van der Waals surface area (Å²) in [5, 5.41) is 14.6. The second kappa shape index (κ2) is 5.89. The molecule has 3 aromatic heterocycles. The first kappa shape index (κ1) is 15.1. The van der Waals surface area contributed by atoms with Gasteiger partial charge in [0.15, 0.2) is 5.15 Å². The van der Waals surface area contributed by atoms with E-state index in [1.807, 2.05) is 13.0 Å². The molecule has 8 nitrogen and oxygen atoms in total. The van der Waals surface area contributed by atoms with Crippen LogP contribution in [-0.2, 0) is 0 Å². The van der Waals surface area contributed by atoms with E-state index in [4.69, 9.17) is 11.6 Å². The van der Waals surface area contributed by atoms with Gasteiger partial charge in [0.2, 0.25) is 0 Å². The first-order chi connectivity index (χ1) is 11.7. The number of aromatic nitrogens is 5. The number of nitriles is 1. The summed E-state index contributed by atoms with van der Waals surface area (Å²) in [7, 11) is 0. The molecule has 0 amide bonds. The minimum atomic E-state index is 0.286. The predicted molar refractivity (Wildman–Crippen MR) is 91.8 cm³/mol. The number of hydrogen-bond acceptors (Lipinski definition) is 8. The monoisotopic (exact) mass is 360 g/mol. The number of rotatable bonds is 2. The Hall–Kier alpha value is -2.44. The minimum Gasteiger partial charge on any atom is -0.358 e. The van der Waals surface area contributed by atoms with Gasteiger partial charge in [-0.1, -0.05) is 11.6 Å². The van der Waals surface area contributed by atoms with Crippen molar-refractivity contribution in [3.63, 3.8) is 0 Å². The van der Waals surface area contributed by atoms with Crippen LogP contribution in [0, 0.1) is 18.3 Å². The molecule has 1 saturated heterocycles. The minimum absolute atomic E-state index is 0.286. The highest BCUT2D eigenvalue weighted by molar-refractivity contribution is 7.10. The summed E-state index contributed by atoms with van der Waals surface area (Å²) >= 11 is 7.25. The lowest BCUT2D eigenvalue weighted by Gasteiger charge is -2.36. The highest BCUT2D eigenvalue weighted by atomic mass is 35.5. The summed E-state index contributed by atoms with van der Waals surface area (Å²) in [6, 6.07) is 4.16. The fraction of sp³-hybridized carbons (Fsp3) is 0.357. The van der Waals surface area contributed by atoms with Crippen LogP contribution < -0.4 is 9.80 Å². The average molecular weight is 361 g/mol. The topological polar surface area (TPSA) is 86.2 Å². The van der Waals surface area contributed by atoms with E-state index in [2.05, 4.69) is 35.3 Å². The van der Waals surface area contributed by atoms with Crippen molar-refractivity contribution >= 4 is 39.7 Å². The van der Waals surface area contributed by atoms with Gasteiger partial charge in [0.1, 0.15) is 28.8 Å². The molecule has 1 aliphatic rings. The van der Waals surface area contributed by atoms with Crippen molar-refractivity contribution in [3.8, 4) is 6.07 Å². The molecule has 0 atom stereocenters. The SMILES string of the molecule is Cc1cc(N2CCN(c3snc(Cl)c3C#N)CC2)n2ncnc2n1. The van der Waals surface area contributed by atoms with Crippen molar-refractivity contribution in [3.05, 3.63) is 28.8 Å². The molecule has 0 aliphatic carbocycles. The lowest BCUT2D eigenvalue weighted by molar-refractivity contribution is 0.641. The first-order valence-electron chi connectivity index (χ1n) is 7.40. The molecule has 0 bridgehead atoms. The second-order valence-electron chi connectivity index (χ2n) is 5.47. The summed E-state index contributed by atoms with van der Waals surface area (Å²) in [6.45, 7) is 5.13. The quantitative estimate of drug-likeness (QED) is 0.688. The molecule has 0 radical (unpaired) electrons. The summed E-state index contributed by atoms with van der Waals surface area (Å²) < 4.78 is 5.84. The third-order valence-corrected chi connectivity index (χ3v) is 5.28. The molecule has 0 unspecified atom stereocenters. The predicted octanol–water partition coefficient (Wildman–Crippen LogP) is 1.74. The Morgan fingerprint density at radius 2 is 2.00 bits per heavy atom. The molecule has 4 rings (SSSR count). The van der Waals surface area contributed by atoms with Crippen LogP contribution >= 0.6 is 23.1 Å². The number of halogens is 1. The highest BCUT2D eigenvalue weighted by Gasteiger charge is 2.24. The van der Waals surface area contributed by atoms with Gasteiger partial charge < -0.3 is 9.80 Å². The van der Waals surface area contributed by atoms with Crippen molar-refractivity contribution in [1.29, 1.82) is 5.26 Å². The van der Waals surface area contributed by atoms with Crippen LogP contribution in [0.2, 0.25) is 5.15 Å². The van der Waals surface area contributed by atoms with E-state index in [0.717, 1.165) is 42.7 Å². The fourth-order valence-corrected chi connectivity index (χ4v) is 3.93. The van der Waals surface area contributed by atoms with Crippen molar-refractivity contribution in [2.45, 2.75) is 6.92 Å². The third-order valence-electron chi connectivity index (χ3n) is 4.00. The zero-order chi connectivity index (χ0) is 16.7. The van der Waals surface area contributed by atoms with Crippen LogP contribution in [0.5, 0.6) is 0 Å². The molecule has 1 aliphatic heterocycles. The van der Waals surface area contributed by atoms with Crippen LogP contribution in [0.1, 0.15) is 11.3 Å². The smallest absolute Gasteiger partial charge is 0.254 e. The van der Waals surface area contributed by atoms with Gasteiger partial charge in [-0.05, 0) is 18.5 Å². The maximum atomic E-state index is 9.24. The fourth-order valence-electron chi connectivity index (χ4n) is 2.85. The molecule has 0 spiro atoms. The zero-order valence-corrected chi connectivity index (χ0v) is 14.4. The van der Waals surface area contributed by atoms with Crippen LogP contribution in [0.15, 0.2) is 12.4 Å². The number of fused-ring (bicyclic) bond motifs is 1. The summed E-state index contributed by atoms with van der Waals surface area (Å²) in [6.07, 6.45) is 1.51. The molecule has 0 N–H and O–H groups in total. The van der Waals surface area contributed by atoms with Gasteiger partial charge in [0.25, 0.3) is 5.78 Å². The average Bonchev–Trinajstić information content (AvgIpc) is 3.20. The largest absolute Gasteiger partial charge is 0.358 e. The van der Waals surface area contributed by atoms with Gasteiger partial charge in [-0.2, -0.15) is 24.2 Å². The number of hydrogen-bond donors (Lipinski definition) is 0. The Morgan fingerprint density at radius 1 is 1.25 bits per heavy atom. The summed E-state index contributed by atoms with van der Waals surface area (Å²) in [5.74, 6) is 1.59. The van der Waals surface area contributed by atoms with Gasteiger partial charge >= 0.3 is 0 Å². The third kappa shape index (κ3) is 2.44. The van der Waals surface area contributed by atoms with Crippen LogP contribution in [0.3, 0.4) is 0 Å². The van der Waals surface area contributed by atoms with Gasteiger partial charge in [-0.15, -0.1) is 0 Å². The molecule has 3 aromatic rings. The standard InChI is InChI=1S/C14H13ClN8S/c1-9-6-11(23-14(19-9)17-8-18-23)21-2-4-22(5-3-21)13-10(7-16)12(15)20-24-13/h6,8H,2-5H2,1H3. The van der Waals surface area contributed by atoms with Gasteiger partial charge in [-0.3, -0.25) is 0 Å². The van der Waals surface area contributed by atoms with E-state index in [0.29, 0.717) is 11.3 Å². The van der Waals surface area contributed by atoms with Crippen LogP contribution in [0.25, 0.3) is 5.78 Å². The summed E-state index contributed by atoms with van der Waals surface area (Å²) in [5.41, 5.74) is 1.38. The Labute approximate surface area is 147 Å². The molecular weight excluding hydrogens is 348 g/mol. The lowest BCUT2D eigenvalue weighted by Crippen LogP contribution is -2.47. The number of piperazine rings is 1. The first-order valence-corrected chi connectivity index (χ1v) is 8.55. The molecule has 0 aromatic carbocycles. The van der Waals surface area contributed by atoms with Crippen molar-refractivity contribution < 1.29 is 0 Å². The molecule has 0 saturated carbocycles. The second-order valence-corrected chi connectivity index (χ2v) is 6.58. The van der Waals surface area contributed by atoms with Crippen molar-refractivity contribution in [2.24, 2.45) is 0 Å². The van der Waals surface area contributed by atoms with Crippen LogP contribution in [-0.4, -0.2) is 50.1 Å². The zero-order valence-electron chi connectivity index (χ0n) is 12.8. The van der Waals surface area contributed by atoms with Gasteiger partial charge in [0, 0.05) is 37.9 Å². The van der Waals surface area contributed by atoms with E-state index in [1.54, 1.807) is 4.52 Å². The van der Waals surface area contributed by atoms with E-state index in [9.17, 15) is 5.26 Å². The van der Waals surface area contributed by atoms with E-state index in [1.165, 1.54) is 17.9 Å². The maximum absolute atomic E-state index is 9.24. The van der Waals surface area contributed by atoms with Crippen molar-refractivity contribution in [2.75, 3.05) is 36.0 Å². The van der Waals surface area contributed by atoms with E-state index < -0.39 is 0 Å². The Morgan fingerprint density at radius 3 is 2.75 bits per heavy atom. The molecule has 10 heteroatoms. The van der Waals surface area contributed by atoms with Crippen LogP contribution in [0.4, 0.5) is 10.8 Å². The molecule has 4 heterocycles. The molecule has 122 valence electrons. The molecule has 24 heavy (non-hydrogen) atoms. The molecule has 1 fully saturated rings. The number of anilines is 2. The maximum Gasteiger partial charge on any atom is 0.254 e. The number of nitrogens with zero attached hydrogens (tertiary/aromatic N) is 8. The summed E-state index contributed by atoms with van der Waals surface area (Å²) in [4.78, 5) is 13.0. The lowest BCUT2D eigenvalue weighted by atomic mass is 10.2. The highest BCUT2D eigenvalue weighted by Crippen LogP contribution is 2.32. The van der Waals surface area contributed by atoms with E-state index >= 15 is 0 Å². The Balaban J connectivity index is 1.58. The number of aryl methyl sites for hydroxylation is 1. The Bertz CT molecular complexity index is 934. The molecular formula is C14H13ClN8S. The van der Waals surface area contributed by atoms with E-state index in [-0.39, 0.29) is 5.15 Å². The van der Waals surface area contributed by atoms with Crippen molar-refractivity contribution in [1.82, 2.24) is 24.0 Å². The van der Waals surface area contributed by atoms with Gasteiger partial charge in [0.05, 0.1) is 0 Å².